The molecule has 0 radical (unpaired) electrons. The van der Waals surface area contributed by atoms with Crippen molar-refractivity contribution in [2.75, 3.05) is 0 Å². The molecule has 1 aromatic rings. The van der Waals surface area contributed by atoms with Crippen LogP contribution in [0.25, 0.3) is 0 Å². The first kappa shape index (κ1) is 10.5. The zero-order valence-corrected chi connectivity index (χ0v) is 7.07. The van der Waals surface area contributed by atoms with Gasteiger partial charge in [0.2, 0.25) is 0 Å². The van der Waals surface area contributed by atoms with Crippen LogP contribution in [-0.2, 0) is 26.2 Å². The van der Waals surface area contributed by atoms with Gasteiger partial charge in [0, 0.05) is 0 Å². The summed E-state index contributed by atoms with van der Waals surface area (Å²) in [5, 5.41) is 0. The van der Waals surface area contributed by atoms with Gasteiger partial charge in [0.05, 0.1) is 0 Å². The van der Waals surface area contributed by atoms with Gasteiger partial charge in [-0.05, 0) is 0 Å². The number of hydrogen-bond donors (Lipinski definition) is 0. The molecule has 34 valence electrons. The quantitative estimate of drug-likeness (QED) is 0.551. The van der Waals surface area contributed by atoms with Gasteiger partial charge >= 0.3 is 26.2 Å². The molecule has 0 bridgehead atoms. The Morgan fingerprint density at radius 3 is 1.57 bits per heavy atom. The van der Waals surface area contributed by atoms with Gasteiger partial charge in [0.25, 0.3) is 0 Å². The minimum atomic E-state index is 0. The summed E-state index contributed by atoms with van der Waals surface area (Å²) in [5.41, 5.74) is 0. The van der Waals surface area contributed by atoms with E-state index in [1.165, 1.54) is 0 Å². The molecule has 1 aromatic carbocycles. The Hall–Kier alpha value is 0.523. The average Bonchev–Trinajstić information content (AvgIpc) is 1.76. The molecular formula is C5H6ClZr+3. The van der Waals surface area contributed by atoms with Crippen LogP contribution in [0.15, 0.2) is 30.3 Å². The third kappa shape index (κ3) is 4.37. The first-order valence-corrected chi connectivity index (χ1v) is 1.67. The molecule has 0 nitrogen and oxygen atoms in total. The van der Waals surface area contributed by atoms with E-state index in [2.05, 4.69) is 0 Å². The van der Waals surface area contributed by atoms with Crippen LogP contribution in [0.2, 0.25) is 0 Å². The van der Waals surface area contributed by atoms with E-state index >= 15 is 0 Å². The second-order valence-electron chi connectivity index (χ2n) is 0.962. The van der Waals surface area contributed by atoms with Crippen molar-refractivity contribution in [1.29, 1.82) is 0 Å². The molecule has 0 amide bonds. The SMILES string of the molecule is Cl.[Zr+4].c1cc[cH-]c1. The molecule has 2 heteroatoms. The zero-order chi connectivity index (χ0) is 3.54. The first-order chi connectivity index (χ1) is 2.50. The van der Waals surface area contributed by atoms with Gasteiger partial charge < -0.3 is 0 Å². The molecule has 0 unspecified atom stereocenters. The van der Waals surface area contributed by atoms with Gasteiger partial charge in [-0.25, -0.2) is 12.1 Å². The molecule has 0 spiro atoms. The largest absolute Gasteiger partial charge is 4.00 e. The van der Waals surface area contributed by atoms with E-state index in [0.29, 0.717) is 0 Å². The molecule has 0 aromatic heterocycles. The van der Waals surface area contributed by atoms with E-state index in [9.17, 15) is 0 Å². The Kier molecular flexibility index (Phi) is 9.78. The molecule has 0 saturated heterocycles. The van der Waals surface area contributed by atoms with Crippen molar-refractivity contribution in [3.63, 3.8) is 0 Å². The Morgan fingerprint density at radius 1 is 1.00 bits per heavy atom. The molecule has 0 aliphatic heterocycles. The standard InChI is InChI=1S/C5H5.ClH.Zr/c1-2-4-5-3-1;;/h1-5H;1H;/q-1;;+4. The third-order valence-electron chi connectivity index (χ3n) is 0.556. The molecule has 0 N–H and O–H groups in total. The van der Waals surface area contributed by atoms with Crippen LogP contribution >= 0.6 is 12.4 Å². The fourth-order valence-corrected chi connectivity index (χ4v) is 0.321. The van der Waals surface area contributed by atoms with Crippen LogP contribution in [0.3, 0.4) is 0 Å². The predicted molar refractivity (Wildman–Crippen MR) is 29.3 cm³/mol. The Balaban J connectivity index is 0. The van der Waals surface area contributed by atoms with Crippen LogP contribution in [0, 0.1) is 0 Å². The van der Waals surface area contributed by atoms with E-state index in [4.69, 9.17) is 0 Å². The summed E-state index contributed by atoms with van der Waals surface area (Å²) < 4.78 is 0. The third-order valence-corrected chi connectivity index (χ3v) is 0.556. The molecule has 0 saturated carbocycles. The number of hydrogen-bond acceptors (Lipinski definition) is 0. The Morgan fingerprint density at radius 2 is 1.43 bits per heavy atom. The maximum Gasteiger partial charge on any atom is 4.00 e. The van der Waals surface area contributed by atoms with Gasteiger partial charge in [-0.2, -0.15) is 18.2 Å². The summed E-state index contributed by atoms with van der Waals surface area (Å²) in [6.45, 7) is 0. The van der Waals surface area contributed by atoms with E-state index < -0.39 is 0 Å². The maximum absolute atomic E-state index is 2.00. The molecule has 0 aliphatic carbocycles. The summed E-state index contributed by atoms with van der Waals surface area (Å²) in [6, 6.07) is 10.0. The summed E-state index contributed by atoms with van der Waals surface area (Å²) >= 11 is 0. The number of halogens is 1. The van der Waals surface area contributed by atoms with Crippen molar-refractivity contribution in [1.82, 2.24) is 0 Å². The van der Waals surface area contributed by atoms with Crippen LogP contribution < -0.4 is 0 Å². The first-order valence-electron chi connectivity index (χ1n) is 1.67. The molecule has 7 heavy (non-hydrogen) atoms. The average molecular weight is 193 g/mol. The van der Waals surface area contributed by atoms with E-state index in [0.717, 1.165) is 0 Å². The Labute approximate surface area is 68.8 Å². The zero-order valence-electron chi connectivity index (χ0n) is 3.79. The number of rotatable bonds is 0. The molecule has 0 fully saturated rings. The van der Waals surface area contributed by atoms with E-state index in [1.807, 2.05) is 30.3 Å². The van der Waals surface area contributed by atoms with Gasteiger partial charge in [0.1, 0.15) is 0 Å². The van der Waals surface area contributed by atoms with Crippen LogP contribution in [0.1, 0.15) is 0 Å². The molecule has 1 rings (SSSR count). The molecule has 0 atom stereocenters. The van der Waals surface area contributed by atoms with Gasteiger partial charge in [0.15, 0.2) is 0 Å². The van der Waals surface area contributed by atoms with Crippen molar-refractivity contribution >= 4 is 12.4 Å². The Bertz CT molecular complexity index is 64.6. The van der Waals surface area contributed by atoms with Gasteiger partial charge in [-0.1, -0.05) is 0 Å². The van der Waals surface area contributed by atoms with Crippen molar-refractivity contribution < 1.29 is 26.2 Å². The molecule has 0 aliphatic rings. The van der Waals surface area contributed by atoms with Crippen LogP contribution in [-0.4, -0.2) is 0 Å². The van der Waals surface area contributed by atoms with E-state index in [-0.39, 0.29) is 38.6 Å². The van der Waals surface area contributed by atoms with Crippen molar-refractivity contribution in [2.24, 2.45) is 0 Å². The monoisotopic (exact) mass is 191 g/mol. The maximum atomic E-state index is 2.00. The topological polar surface area (TPSA) is 0 Å². The predicted octanol–water partition coefficient (Wildman–Crippen LogP) is 1.82. The molecular weight excluding hydrogens is 187 g/mol. The fraction of sp³-hybridized carbons (Fsp3) is 0. The fourth-order valence-electron chi connectivity index (χ4n) is 0.321. The van der Waals surface area contributed by atoms with Crippen LogP contribution in [0.4, 0.5) is 0 Å². The van der Waals surface area contributed by atoms with Crippen LogP contribution in [0.5, 0.6) is 0 Å². The smallest absolute Gasteiger partial charge is 0.214 e. The van der Waals surface area contributed by atoms with Gasteiger partial charge in [-0.15, -0.1) is 12.4 Å². The van der Waals surface area contributed by atoms with E-state index in [1.54, 1.807) is 0 Å². The normalized spacial score (nSPS) is 5.71. The summed E-state index contributed by atoms with van der Waals surface area (Å²) in [6.07, 6.45) is 0. The minimum absolute atomic E-state index is 0. The summed E-state index contributed by atoms with van der Waals surface area (Å²) in [4.78, 5) is 0. The van der Waals surface area contributed by atoms with Crippen molar-refractivity contribution in [3.05, 3.63) is 30.3 Å². The van der Waals surface area contributed by atoms with Crippen molar-refractivity contribution in [2.45, 2.75) is 0 Å². The summed E-state index contributed by atoms with van der Waals surface area (Å²) in [5.74, 6) is 0. The van der Waals surface area contributed by atoms with Gasteiger partial charge in [-0.3, -0.25) is 0 Å². The second-order valence-corrected chi connectivity index (χ2v) is 0.962. The second kappa shape index (κ2) is 6.52. The summed E-state index contributed by atoms with van der Waals surface area (Å²) in [7, 11) is 0. The molecule has 0 heterocycles. The minimum Gasteiger partial charge on any atom is -0.214 e. The van der Waals surface area contributed by atoms with Crippen molar-refractivity contribution in [3.8, 4) is 0 Å².